The van der Waals surface area contributed by atoms with Gasteiger partial charge in [0, 0.05) is 24.2 Å². The number of sulfonamides is 1. The quantitative estimate of drug-likeness (QED) is 0.357. The fourth-order valence-corrected chi connectivity index (χ4v) is 6.05. The van der Waals surface area contributed by atoms with E-state index in [9.17, 15) is 13.2 Å². The molecule has 1 amide bonds. The van der Waals surface area contributed by atoms with Crippen molar-refractivity contribution in [3.63, 3.8) is 0 Å². The van der Waals surface area contributed by atoms with Crippen molar-refractivity contribution >= 4 is 32.7 Å². The lowest BCUT2D eigenvalue weighted by molar-refractivity contribution is 0.0977. The second kappa shape index (κ2) is 10.3. The maximum atomic E-state index is 13.2. The van der Waals surface area contributed by atoms with Gasteiger partial charge in [-0.05, 0) is 61.2 Å². The molecule has 9 nitrogen and oxygen atoms in total. The third-order valence-electron chi connectivity index (χ3n) is 8.08. The smallest absolute Gasteiger partial charge is 0.283 e. The van der Waals surface area contributed by atoms with Gasteiger partial charge in [0.15, 0.2) is 5.65 Å². The van der Waals surface area contributed by atoms with Crippen molar-refractivity contribution in [2.24, 2.45) is 0 Å². The molecule has 0 atom stereocenters. The number of amides is 1. The van der Waals surface area contributed by atoms with Crippen LogP contribution in [0.5, 0.6) is 0 Å². The minimum atomic E-state index is -3.77. The zero-order valence-corrected chi connectivity index (χ0v) is 23.6. The molecule has 1 aliphatic carbocycles. The first-order chi connectivity index (χ1) is 19.3. The standard InChI is InChI=1S/C30H33N5O4S/c1-3-40(37,38)33-29(36)25-20-24(21-10-12-22(13-11-21)34-16-18-39-19-17-34)26-27(30(2)14-7-15-30)32-35(28(26)31-25)23-8-5-4-6-9-23/h4-6,8-13,20H,3,7,14-19H2,1-2H3,(H,33,36). The minimum absolute atomic E-state index is 0.0270. The molecule has 208 valence electrons. The Kier molecular flexibility index (Phi) is 6.83. The van der Waals surface area contributed by atoms with Crippen LogP contribution in [0.2, 0.25) is 0 Å². The number of pyridine rings is 1. The number of hydrogen-bond donors (Lipinski definition) is 1. The van der Waals surface area contributed by atoms with Crippen molar-refractivity contribution in [3.8, 4) is 16.8 Å². The molecule has 10 heteroatoms. The lowest BCUT2D eigenvalue weighted by atomic mass is 9.67. The first-order valence-corrected chi connectivity index (χ1v) is 15.4. The van der Waals surface area contributed by atoms with Crippen LogP contribution in [-0.4, -0.2) is 61.1 Å². The maximum Gasteiger partial charge on any atom is 0.283 e. The van der Waals surface area contributed by atoms with E-state index in [0.29, 0.717) is 18.9 Å². The van der Waals surface area contributed by atoms with E-state index >= 15 is 0 Å². The van der Waals surface area contributed by atoms with Crippen LogP contribution in [-0.2, 0) is 20.2 Å². The molecule has 3 heterocycles. The Morgan fingerprint density at radius 3 is 2.35 bits per heavy atom. The molecule has 2 fully saturated rings. The van der Waals surface area contributed by atoms with E-state index in [1.54, 1.807) is 10.7 Å². The Bertz CT molecular complexity index is 1660. The zero-order chi connectivity index (χ0) is 27.9. The average molecular weight is 560 g/mol. The average Bonchev–Trinajstić information content (AvgIpc) is 3.36. The Hall–Kier alpha value is -3.76. The summed E-state index contributed by atoms with van der Waals surface area (Å²) in [5, 5.41) is 5.99. The molecular formula is C30H33N5O4S. The number of para-hydroxylation sites is 1. The second-order valence-electron chi connectivity index (χ2n) is 10.7. The van der Waals surface area contributed by atoms with Crippen molar-refractivity contribution in [2.45, 2.75) is 38.5 Å². The van der Waals surface area contributed by atoms with Crippen molar-refractivity contribution in [1.82, 2.24) is 19.5 Å². The summed E-state index contributed by atoms with van der Waals surface area (Å²) in [7, 11) is -3.77. The van der Waals surface area contributed by atoms with Gasteiger partial charge in [-0.1, -0.05) is 43.7 Å². The van der Waals surface area contributed by atoms with Crippen molar-refractivity contribution in [3.05, 3.63) is 72.1 Å². The summed E-state index contributed by atoms with van der Waals surface area (Å²) in [5.74, 6) is -0.964. The molecule has 1 saturated carbocycles. The van der Waals surface area contributed by atoms with Gasteiger partial charge in [0.1, 0.15) is 5.69 Å². The molecule has 1 saturated heterocycles. The van der Waals surface area contributed by atoms with Gasteiger partial charge in [-0.15, -0.1) is 0 Å². The van der Waals surface area contributed by atoms with Gasteiger partial charge in [0.25, 0.3) is 5.91 Å². The molecule has 6 rings (SSSR count). The number of morpholine rings is 1. The lowest BCUT2D eigenvalue weighted by Gasteiger charge is -2.37. The number of benzene rings is 2. The second-order valence-corrected chi connectivity index (χ2v) is 12.8. The molecule has 0 spiro atoms. The third-order valence-corrected chi connectivity index (χ3v) is 9.34. The molecule has 1 aliphatic heterocycles. The maximum absolute atomic E-state index is 13.2. The van der Waals surface area contributed by atoms with E-state index in [0.717, 1.165) is 65.9 Å². The number of rotatable bonds is 7. The van der Waals surface area contributed by atoms with Crippen molar-refractivity contribution < 1.29 is 17.9 Å². The highest BCUT2D eigenvalue weighted by atomic mass is 32.2. The molecule has 4 aromatic rings. The van der Waals surface area contributed by atoms with E-state index in [4.69, 9.17) is 14.8 Å². The van der Waals surface area contributed by atoms with Crippen LogP contribution < -0.4 is 9.62 Å². The first-order valence-electron chi connectivity index (χ1n) is 13.8. The summed E-state index contributed by atoms with van der Waals surface area (Å²) in [6.45, 7) is 6.79. The molecule has 40 heavy (non-hydrogen) atoms. The number of nitrogens with zero attached hydrogens (tertiary/aromatic N) is 4. The number of hydrogen-bond acceptors (Lipinski definition) is 7. The highest BCUT2D eigenvalue weighted by Gasteiger charge is 2.39. The number of nitrogens with one attached hydrogen (secondary N) is 1. The Labute approximate surface area is 234 Å². The summed E-state index contributed by atoms with van der Waals surface area (Å²) in [4.78, 5) is 20.3. The zero-order valence-electron chi connectivity index (χ0n) is 22.8. The van der Waals surface area contributed by atoms with Crippen LogP contribution in [0.25, 0.3) is 27.8 Å². The molecule has 0 radical (unpaired) electrons. The van der Waals surface area contributed by atoms with Gasteiger partial charge >= 0.3 is 0 Å². The van der Waals surface area contributed by atoms with Gasteiger partial charge in [-0.3, -0.25) is 4.79 Å². The topological polar surface area (TPSA) is 106 Å². The normalized spacial score (nSPS) is 17.0. The fourth-order valence-electron chi connectivity index (χ4n) is 5.51. The number of carbonyl (C=O) groups is 1. The van der Waals surface area contributed by atoms with Crippen LogP contribution in [0.4, 0.5) is 5.69 Å². The Balaban J connectivity index is 1.57. The van der Waals surface area contributed by atoms with E-state index in [-0.39, 0.29) is 16.9 Å². The van der Waals surface area contributed by atoms with Gasteiger partial charge in [0.05, 0.1) is 35.7 Å². The molecule has 2 aromatic carbocycles. The number of carbonyl (C=O) groups excluding carboxylic acids is 1. The minimum Gasteiger partial charge on any atom is -0.378 e. The monoisotopic (exact) mass is 559 g/mol. The molecule has 1 N–H and O–H groups in total. The van der Waals surface area contributed by atoms with Gasteiger partial charge in [-0.25, -0.2) is 22.8 Å². The predicted octanol–water partition coefficient (Wildman–Crippen LogP) is 4.45. The molecular weight excluding hydrogens is 526 g/mol. The third kappa shape index (κ3) is 4.86. The van der Waals surface area contributed by atoms with E-state index in [2.05, 4.69) is 40.8 Å². The van der Waals surface area contributed by atoms with E-state index in [1.807, 2.05) is 30.3 Å². The van der Waals surface area contributed by atoms with Crippen molar-refractivity contribution in [2.75, 3.05) is 37.0 Å². The van der Waals surface area contributed by atoms with E-state index < -0.39 is 15.9 Å². The van der Waals surface area contributed by atoms with Gasteiger partial charge < -0.3 is 9.64 Å². The number of ether oxygens (including phenoxy) is 1. The Morgan fingerprint density at radius 1 is 1.02 bits per heavy atom. The number of fused-ring (bicyclic) bond motifs is 1. The first kappa shape index (κ1) is 26.5. The molecule has 2 aromatic heterocycles. The van der Waals surface area contributed by atoms with Crippen LogP contribution in [0.1, 0.15) is 49.3 Å². The molecule has 0 bridgehead atoms. The predicted molar refractivity (Wildman–Crippen MR) is 155 cm³/mol. The lowest BCUT2D eigenvalue weighted by Crippen LogP contribution is -2.36. The summed E-state index contributed by atoms with van der Waals surface area (Å²) in [6.07, 6.45) is 3.16. The largest absolute Gasteiger partial charge is 0.378 e. The van der Waals surface area contributed by atoms with Crippen LogP contribution >= 0.6 is 0 Å². The van der Waals surface area contributed by atoms with Crippen LogP contribution in [0.3, 0.4) is 0 Å². The van der Waals surface area contributed by atoms with Gasteiger partial charge in [-0.2, -0.15) is 5.10 Å². The summed E-state index contributed by atoms with van der Waals surface area (Å²) >= 11 is 0. The van der Waals surface area contributed by atoms with Crippen LogP contribution in [0, 0.1) is 0 Å². The highest BCUT2D eigenvalue weighted by Crippen LogP contribution is 2.47. The van der Waals surface area contributed by atoms with E-state index in [1.165, 1.54) is 6.92 Å². The highest BCUT2D eigenvalue weighted by molar-refractivity contribution is 7.90. The SMILES string of the molecule is CCS(=O)(=O)NC(=O)c1cc(-c2ccc(N3CCOCC3)cc2)c2c(C3(C)CCC3)nn(-c3ccccc3)c2n1. The number of anilines is 1. The molecule has 0 unspecified atom stereocenters. The van der Waals surface area contributed by atoms with Gasteiger partial charge in [0.2, 0.25) is 10.0 Å². The van der Waals surface area contributed by atoms with Crippen molar-refractivity contribution in [1.29, 1.82) is 0 Å². The fraction of sp³-hybridized carbons (Fsp3) is 0.367. The molecule has 2 aliphatic rings. The summed E-state index contributed by atoms with van der Waals surface area (Å²) in [6, 6.07) is 19.7. The van der Waals surface area contributed by atoms with Crippen LogP contribution in [0.15, 0.2) is 60.7 Å². The number of aromatic nitrogens is 3. The Morgan fingerprint density at radius 2 is 1.73 bits per heavy atom. The summed E-state index contributed by atoms with van der Waals surface area (Å²) in [5.41, 5.74) is 5.04. The summed E-state index contributed by atoms with van der Waals surface area (Å²) < 4.78 is 34.0.